The minimum absolute atomic E-state index is 0.468. The van der Waals surface area contributed by atoms with Crippen LogP contribution in [-0.2, 0) is 0 Å². The Morgan fingerprint density at radius 1 is 1.29 bits per heavy atom. The Kier molecular flexibility index (Phi) is 3.22. The van der Waals surface area contributed by atoms with E-state index in [4.69, 9.17) is 11.6 Å². The van der Waals surface area contributed by atoms with Crippen molar-refractivity contribution in [1.82, 2.24) is 4.37 Å². The summed E-state index contributed by atoms with van der Waals surface area (Å²) in [7, 11) is 2.80. The Morgan fingerprint density at radius 3 is 2.57 bits per heavy atom. The zero-order valence-electron chi connectivity index (χ0n) is 6.85. The van der Waals surface area contributed by atoms with Crippen molar-refractivity contribution in [1.29, 1.82) is 0 Å². The molecule has 0 radical (unpaired) electrons. The van der Waals surface area contributed by atoms with E-state index >= 15 is 0 Å². The largest absolute Gasteiger partial charge is 0.234 e. The van der Waals surface area contributed by atoms with E-state index in [0.717, 1.165) is 15.3 Å². The summed E-state index contributed by atoms with van der Waals surface area (Å²) >= 11 is 10.0. The highest BCUT2D eigenvalue weighted by atomic mass is 35.5. The number of aromatic nitrogens is 1. The van der Waals surface area contributed by atoms with Crippen LogP contribution >= 0.6 is 45.1 Å². The first-order chi connectivity index (χ1) is 6.75. The lowest BCUT2D eigenvalue weighted by Gasteiger charge is -1.92. The lowest BCUT2D eigenvalue weighted by Crippen LogP contribution is -1.92. The number of halogens is 1. The highest BCUT2D eigenvalue weighted by Crippen LogP contribution is 2.15. The third kappa shape index (κ3) is 2.36. The summed E-state index contributed by atoms with van der Waals surface area (Å²) in [6.45, 7) is 0. The van der Waals surface area contributed by atoms with Crippen LogP contribution in [0.2, 0.25) is 5.15 Å². The van der Waals surface area contributed by atoms with Crippen molar-refractivity contribution in [3.05, 3.63) is 34.1 Å². The summed E-state index contributed by atoms with van der Waals surface area (Å²) in [4.78, 5) is 5.26. The van der Waals surface area contributed by atoms with E-state index in [9.17, 15) is 0 Å². The monoisotopic (exact) mass is 260 g/mol. The van der Waals surface area contributed by atoms with Gasteiger partial charge in [-0.3, -0.25) is 0 Å². The normalized spacial score (nSPS) is 12.0. The van der Waals surface area contributed by atoms with Gasteiger partial charge in [-0.15, -0.1) is 12.6 Å². The molecule has 0 aliphatic rings. The molecule has 14 heavy (non-hydrogen) atoms. The van der Waals surface area contributed by atoms with Crippen molar-refractivity contribution in [2.24, 2.45) is 4.99 Å². The number of hydrogen-bond acceptors (Lipinski definition) is 5. The van der Waals surface area contributed by atoms with E-state index in [1.165, 1.54) is 20.9 Å². The molecule has 0 spiro atoms. The maximum Gasteiger partial charge on any atom is 0.179 e. The Bertz CT molecular complexity index is 486. The first-order valence-electron chi connectivity index (χ1n) is 3.71. The Labute approximate surface area is 98.9 Å². The van der Waals surface area contributed by atoms with Crippen LogP contribution in [0.1, 0.15) is 0 Å². The molecule has 0 N–H and O–H groups in total. The minimum Gasteiger partial charge on any atom is -0.234 e. The van der Waals surface area contributed by atoms with Crippen LogP contribution in [0, 0.1) is 0 Å². The van der Waals surface area contributed by atoms with E-state index < -0.39 is 0 Å². The van der Waals surface area contributed by atoms with Crippen LogP contribution in [0.3, 0.4) is 0 Å². The second-order valence-corrected chi connectivity index (χ2v) is 5.18. The second-order valence-electron chi connectivity index (χ2n) is 2.47. The molecule has 0 aliphatic carbocycles. The van der Waals surface area contributed by atoms with Gasteiger partial charge in [0.15, 0.2) is 9.82 Å². The Hall–Kier alpha value is -0.360. The summed E-state index contributed by atoms with van der Waals surface area (Å²) in [5.74, 6) is 0. The van der Waals surface area contributed by atoms with Gasteiger partial charge in [0.1, 0.15) is 0 Å². The molecule has 72 valence electrons. The van der Waals surface area contributed by atoms with E-state index in [1.807, 2.05) is 24.3 Å². The first kappa shape index (κ1) is 10.2. The molecule has 0 atom stereocenters. The molecule has 0 saturated heterocycles. The highest BCUT2D eigenvalue weighted by Gasteiger charge is 1.96. The average molecular weight is 261 g/mol. The van der Waals surface area contributed by atoms with Gasteiger partial charge < -0.3 is 0 Å². The SMILES string of the molecule is Sc1ccc(N=c2ssnc2Cl)cc1. The molecule has 0 fully saturated rings. The lowest BCUT2D eigenvalue weighted by atomic mass is 10.3. The number of hydrogen-bond donors (Lipinski definition) is 1. The van der Waals surface area contributed by atoms with E-state index in [2.05, 4.69) is 22.0 Å². The standard InChI is InChI=1S/C8H5ClN2S3/c9-7-8(13-14-11-7)10-5-1-3-6(12)4-2-5/h1-4,12H. The predicted octanol–water partition coefficient (Wildman–Crippen LogP) is 3.38. The van der Waals surface area contributed by atoms with Gasteiger partial charge in [-0.1, -0.05) is 11.6 Å². The van der Waals surface area contributed by atoms with E-state index in [1.54, 1.807) is 0 Å². The van der Waals surface area contributed by atoms with Gasteiger partial charge in [-0.25, -0.2) is 4.99 Å². The van der Waals surface area contributed by atoms with Gasteiger partial charge in [0, 0.05) is 15.4 Å². The maximum atomic E-state index is 5.82. The smallest absolute Gasteiger partial charge is 0.179 e. The van der Waals surface area contributed by atoms with Crippen molar-refractivity contribution >= 4 is 50.8 Å². The molecule has 1 heterocycles. The molecular formula is C8H5ClN2S3. The number of nitrogens with zero attached hydrogens (tertiary/aromatic N) is 2. The molecule has 0 amide bonds. The van der Waals surface area contributed by atoms with Crippen LogP contribution in [0.4, 0.5) is 5.69 Å². The molecule has 0 bridgehead atoms. The maximum absolute atomic E-state index is 5.82. The van der Waals surface area contributed by atoms with Gasteiger partial charge in [0.05, 0.1) is 5.69 Å². The van der Waals surface area contributed by atoms with Crippen LogP contribution in [0.15, 0.2) is 34.2 Å². The molecule has 0 unspecified atom stereocenters. The third-order valence-corrected chi connectivity index (χ3v) is 3.96. The first-order valence-corrected chi connectivity index (χ1v) is 6.64. The fourth-order valence-corrected chi connectivity index (χ4v) is 3.01. The molecule has 1 aromatic heterocycles. The molecule has 2 nitrogen and oxygen atoms in total. The van der Waals surface area contributed by atoms with Crippen molar-refractivity contribution < 1.29 is 0 Å². The van der Waals surface area contributed by atoms with Gasteiger partial charge in [-0.05, 0) is 34.6 Å². The fourth-order valence-electron chi connectivity index (χ4n) is 0.869. The Balaban J connectivity index is 2.44. The van der Waals surface area contributed by atoms with Gasteiger partial charge in [0.2, 0.25) is 0 Å². The number of rotatable bonds is 1. The predicted molar refractivity (Wildman–Crippen MR) is 63.9 cm³/mol. The summed E-state index contributed by atoms with van der Waals surface area (Å²) in [5.41, 5.74) is 0.862. The van der Waals surface area contributed by atoms with Crippen molar-refractivity contribution in [2.75, 3.05) is 0 Å². The van der Waals surface area contributed by atoms with E-state index in [0.29, 0.717) is 5.15 Å². The third-order valence-electron chi connectivity index (χ3n) is 1.49. The summed E-state index contributed by atoms with van der Waals surface area (Å²) in [6, 6.07) is 7.56. The lowest BCUT2D eigenvalue weighted by molar-refractivity contribution is 1.35. The van der Waals surface area contributed by atoms with Gasteiger partial charge in [-0.2, -0.15) is 4.37 Å². The van der Waals surface area contributed by atoms with Crippen molar-refractivity contribution in [2.45, 2.75) is 4.90 Å². The molecule has 1 aromatic carbocycles. The summed E-state index contributed by atoms with van der Waals surface area (Å²) in [5, 5.41) is 0.468. The molecule has 6 heteroatoms. The van der Waals surface area contributed by atoms with E-state index in [-0.39, 0.29) is 0 Å². The van der Waals surface area contributed by atoms with Crippen LogP contribution in [-0.4, -0.2) is 4.37 Å². The molecule has 2 rings (SSSR count). The summed E-state index contributed by atoms with van der Waals surface area (Å²) < 4.78 is 4.70. The van der Waals surface area contributed by atoms with Crippen LogP contribution < -0.4 is 4.67 Å². The molecule has 0 saturated carbocycles. The van der Waals surface area contributed by atoms with Crippen LogP contribution in [0.25, 0.3) is 0 Å². The fraction of sp³-hybridized carbons (Fsp3) is 0. The summed E-state index contributed by atoms with van der Waals surface area (Å²) in [6.07, 6.45) is 0. The van der Waals surface area contributed by atoms with Crippen molar-refractivity contribution in [3.63, 3.8) is 0 Å². The average Bonchev–Trinajstić information content (AvgIpc) is 2.56. The number of thiol groups is 1. The highest BCUT2D eigenvalue weighted by molar-refractivity contribution is 7.80. The van der Waals surface area contributed by atoms with Gasteiger partial charge in [0.25, 0.3) is 0 Å². The molecular weight excluding hydrogens is 256 g/mol. The topological polar surface area (TPSA) is 25.2 Å². The molecule has 2 aromatic rings. The van der Waals surface area contributed by atoms with Crippen LogP contribution in [0.5, 0.6) is 0 Å². The second kappa shape index (κ2) is 4.44. The Morgan fingerprint density at radius 2 is 2.00 bits per heavy atom. The zero-order chi connectivity index (χ0) is 9.97. The zero-order valence-corrected chi connectivity index (χ0v) is 10.1. The quantitative estimate of drug-likeness (QED) is 0.617. The number of benzene rings is 1. The minimum atomic E-state index is 0.468. The molecule has 0 aliphatic heterocycles. The van der Waals surface area contributed by atoms with Crippen molar-refractivity contribution in [3.8, 4) is 0 Å². The van der Waals surface area contributed by atoms with Gasteiger partial charge >= 0.3 is 0 Å².